The summed E-state index contributed by atoms with van der Waals surface area (Å²) in [6.07, 6.45) is 0.148. The molecule has 0 saturated heterocycles. The molecule has 3 heteroatoms. The first kappa shape index (κ1) is 16.1. The van der Waals surface area contributed by atoms with E-state index in [1.54, 1.807) is 0 Å². The van der Waals surface area contributed by atoms with Crippen molar-refractivity contribution in [3.63, 3.8) is 0 Å². The lowest BCUT2D eigenvalue weighted by atomic mass is 10.1. The van der Waals surface area contributed by atoms with E-state index in [0.29, 0.717) is 6.42 Å². The van der Waals surface area contributed by atoms with Crippen molar-refractivity contribution in [1.29, 1.82) is 0 Å². The summed E-state index contributed by atoms with van der Waals surface area (Å²) in [7, 11) is 0. The molecular formula is C19H23NO2. The maximum Gasteiger partial charge on any atom is 0.261 e. The van der Waals surface area contributed by atoms with Crippen LogP contribution in [0.5, 0.6) is 5.75 Å². The number of hydrogen-bond donors (Lipinski definition) is 1. The standard InChI is InChI=1S/C19H23NO2/c1-4-18(22-17-12-8-9-14(2)13-17)19(21)20-15(3)16-10-6-5-7-11-16/h5-13,15,18H,4H2,1-3H3,(H,20,21)/t15-,18-/m1/s1. The topological polar surface area (TPSA) is 38.3 Å². The fourth-order valence-corrected chi connectivity index (χ4v) is 2.31. The van der Waals surface area contributed by atoms with Crippen LogP contribution in [-0.2, 0) is 4.79 Å². The first-order chi connectivity index (χ1) is 10.6. The van der Waals surface area contributed by atoms with Crippen molar-refractivity contribution < 1.29 is 9.53 Å². The van der Waals surface area contributed by atoms with Crippen LogP contribution in [0.1, 0.15) is 37.4 Å². The van der Waals surface area contributed by atoms with Crippen molar-refractivity contribution in [1.82, 2.24) is 5.32 Å². The molecule has 2 aromatic carbocycles. The van der Waals surface area contributed by atoms with E-state index in [4.69, 9.17) is 4.74 Å². The Balaban J connectivity index is 2.00. The quantitative estimate of drug-likeness (QED) is 0.874. The number of aryl methyl sites for hydroxylation is 1. The van der Waals surface area contributed by atoms with Crippen LogP contribution in [-0.4, -0.2) is 12.0 Å². The van der Waals surface area contributed by atoms with Crippen LogP contribution in [0.15, 0.2) is 54.6 Å². The van der Waals surface area contributed by atoms with E-state index in [1.165, 1.54) is 0 Å². The third kappa shape index (κ3) is 4.35. The van der Waals surface area contributed by atoms with Crippen molar-refractivity contribution in [3.05, 3.63) is 65.7 Å². The molecule has 0 spiro atoms. The van der Waals surface area contributed by atoms with Crippen LogP contribution in [0.4, 0.5) is 0 Å². The summed E-state index contributed by atoms with van der Waals surface area (Å²) < 4.78 is 5.83. The summed E-state index contributed by atoms with van der Waals surface area (Å²) in [4.78, 5) is 12.4. The minimum Gasteiger partial charge on any atom is -0.481 e. The van der Waals surface area contributed by atoms with Crippen LogP contribution >= 0.6 is 0 Å². The van der Waals surface area contributed by atoms with Gasteiger partial charge in [0.05, 0.1) is 6.04 Å². The second-order valence-electron chi connectivity index (χ2n) is 5.47. The third-order valence-electron chi connectivity index (χ3n) is 3.59. The van der Waals surface area contributed by atoms with Crippen LogP contribution in [0.2, 0.25) is 0 Å². The predicted molar refractivity (Wildman–Crippen MR) is 88.9 cm³/mol. The molecule has 0 aliphatic carbocycles. The summed E-state index contributed by atoms with van der Waals surface area (Å²) in [6.45, 7) is 5.94. The molecule has 2 atom stereocenters. The van der Waals surface area contributed by atoms with Gasteiger partial charge in [0.2, 0.25) is 0 Å². The fourth-order valence-electron chi connectivity index (χ4n) is 2.31. The van der Waals surface area contributed by atoms with Gasteiger partial charge in [0.25, 0.3) is 5.91 Å². The van der Waals surface area contributed by atoms with Gasteiger partial charge in [-0.25, -0.2) is 0 Å². The van der Waals surface area contributed by atoms with Gasteiger partial charge in [-0.2, -0.15) is 0 Å². The molecule has 2 aromatic rings. The van der Waals surface area contributed by atoms with E-state index in [1.807, 2.05) is 75.4 Å². The van der Waals surface area contributed by atoms with E-state index in [0.717, 1.165) is 16.9 Å². The molecule has 1 amide bonds. The average molecular weight is 297 g/mol. The number of nitrogens with one attached hydrogen (secondary N) is 1. The molecule has 3 nitrogen and oxygen atoms in total. The van der Waals surface area contributed by atoms with Crippen LogP contribution < -0.4 is 10.1 Å². The molecule has 1 N–H and O–H groups in total. The smallest absolute Gasteiger partial charge is 0.261 e. The fraction of sp³-hybridized carbons (Fsp3) is 0.316. The lowest BCUT2D eigenvalue weighted by molar-refractivity contribution is -0.128. The van der Waals surface area contributed by atoms with Crippen LogP contribution in [0.25, 0.3) is 0 Å². The number of hydrogen-bond acceptors (Lipinski definition) is 2. The largest absolute Gasteiger partial charge is 0.481 e. The Morgan fingerprint density at radius 2 is 1.86 bits per heavy atom. The Labute approximate surface area is 132 Å². The highest BCUT2D eigenvalue weighted by atomic mass is 16.5. The van der Waals surface area contributed by atoms with E-state index in [9.17, 15) is 4.79 Å². The number of carbonyl (C=O) groups excluding carboxylic acids is 1. The van der Waals surface area contributed by atoms with Crippen molar-refractivity contribution >= 4 is 5.91 Å². The molecule has 116 valence electrons. The van der Waals surface area contributed by atoms with Crippen LogP contribution in [0, 0.1) is 6.92 Å². The van der Waals surface area contributed by atoms with Crippen molar-refractivity contribution in [2.75, 3.05) is 0 Å². The predicted octanol–water partition coefficient (Wildman–Crippen LogP) is 4.03. The van der Waals surface area contributed by atoms with E-state index < -0.39 is 6.10 Å². The molecule has 0 bridgehead atoms. The van der Waals surface area contributed by atoms with E-state index >= 15 is 0 Å². The Morgan fingerprint density at radius 1 is 1.14 bits per heavy atom. The van der Waals surface area contributed by atoms with Crippen molar-refractivity contribution in [2.24, 2.45) is 0 Å². The first-order valence-corrected chi connectivity index (χ1v) is 7.68. The molecule has 0 fully saturated rings. The minimum atomic E-state index is -0.479. The summed E-state index contributed by atoms with van der Waals surface area (Å²) in [5.74, 6) is 0.648. The second kappa shape index (κ2) is 7.64. The number of rotatable bonds is 6. The first-order valence-electron chi connectivity index (χ1n) is 7.68. The van der Waals surface area contributed by atoms with Crippen molar-refractivity contribution in [2.45, 2.75) is 39.3 Å². The zero-order valence-electron chi connectivity index (χ0n) is 13.4. The molecule has 0 unspecified atom stereocenters. The normalized spacial score (nSPS) is 13.2. The Bertz CT molecular complexity index is 610. The highest BCUT2D eigenvalue weighted by Gasteiger charge is 2.20. The van der Waals surface area contributed by atoms with E-state index in [-0.39, 0.29) is 11.9 Å². The molecule has 2 rings (SSSR count). The molecule has 0 aliphatic rings. The maximum atomic E-state index is 12.4. The maximum absolute atomic E-state index is 12.4. The highest BCUT2D eigenvalue weighted by molar-refractivity contribution is 5.81. The summed E-state index contributed by atoms with van der Waals surface area (Å²) >= 11 is 0. The molecule has 0 aliphatic heterocycles. The number of carbonyl (C=O) groups is 1. The zero-order valence-corrected chi connectivity index (χ0v) is 13.4. The van der Waals surface area contributed by atoms with Gasteiger partial charge in [0, 0.05) is 0 Å². The molecule has 0 saturated carbocycles. The highest BCUT2D eigenvalue weighted by Crippen LogP contribution is 2.17. The second-order valence-corrected chi connectivity index (χ2v) is 5.47. The monoisotopic (exact) mass is 297 g/mol. The minimum absolute atomic E-state index is 0.0381. The summed E-state index contributed by atoms with van der Waals surface area (Å²) in [5.41, 5.74) is 2.20. The molecular weight excluding hydrogens is 274 g/mol. The lowest BCUT2D eigenvalue weighted by Crippen LogP contribution is -2.39. The Morgan fingerprint density at radius 3 is 2.50 bits per heavy atom. The molecule has 0 aromatic heterocycles. The molecule has 22 heavy (non-hydrogen) atoms. The summed E-state index contributed by atoms with van der Waals surface area (Å²) in [5, 5.41) is 3.02. The van der Waals surface area contributed by atoms with Gasteiger partial charge in [-0.05, 0) is 43.5 Å². The van der Waals surface area contributed by atoms with Gasteiger partial charge in [-0.1, -0.05) is 49.4 Å². The van der Waals surface area contributed by atoms with Gasteiger partial charge in [-0.15, -0.1) is 0 Å². The molecule has 0 radical (unpaired) electrons. The summed E-state index contributed by atoms with van der Waals surface area (Å²) in [6, 6.07) is 17.6. The van der Waals surface area contributed by atoms with Gasteiger partial charge in [-0.3, -0.25) is 4.79 Å². The molecule has 0 heterocycles. The lowest BCUT2D eigenvalue weighted by Gasteiger charge is -2.21. The zero-order chi connectivity index (χ0) is 15.9. The van der Waals surface area contributed by atoms with Crippen molar-refractivity contribution in [3.8, 4) is 5.75 Å². The Kier molecular flexibility index (Phi) is 5.59. The number of ether oxygens (including phenoxy) is 1. The van der Waals surface area contributed by atoms with Crippen LogP contribution in [0.3, 0.4) is 0 Å². The van der Waals surface area contributed by atoms with Gasteiger partial charge in [0.15, 0.2) is 6.10 Å². The van der Waals surface area contributed by atoms with Gasteiger partial charge >= 0.3 is 0 Å². The Hall–Kier alpha value is -2.29. The SMILES string of the molecule is CC[C@@H](Oc1cccc(C)c1)C(=O)N[C@H](C)c1ccccc1. The van der Waals surface area contributed by atoms with Gasteiger partial charge in [0.1, 0.15) is 5.75 Å². The van der Waals surface area contributed by atoms with Gasteiger partial charge < -0.3 is 10.1 Å². The average Bonchev–Trinajstić information content (AvgIpc) is 2.53. The number of benzene rings is 2. The third-order valence-corrected chi connectivity index (χ3v) is 3.59. The number of amides is 1. The van der Waals surface area contributed by atoms with E-state index in [2.05, 4.69) is 5.32 Å².